The molecule has 3 atom stereocenters. The van der Waals surface area contributed by atoms with Gasteiger partial charge in [-0.2, -0.15) is 25.3 Å². The number of urea groups is 1. The number of amides is 4. The molecule has 4 aliphatic heterocycles. The van der Waals surface area contributed by atoms with Crippen LogP contribution in [0.15, 0.2) is 102 Å². The van der Waals surface area contributed by atoms with Gasteiger partial charge in [0.2, 0.25) is 0 Å². The van der Waals surface area contributed by atoms with Gasteiger partial charge in [-0.15, -0.1) is 0 Å². The number of thioether (sulfide) groups is 1. The van der Waals surface area contributed by atoms with Crippen LogP contribution in [0.2, 0.25) is 5.02 Å². The highest BCUT2D eigenvalue weighted by molar-refractivity contribution is 8.15. The predicted octanol–water partition coefficient (Wildman–Crippen LogP) is 8.76. The van der Waals surface area contributed by atoms with Crippen molar-refractivity contribution in [1.29, 1.82) is 5.26 Å². The van der Waals surface area contributed by atoms with Crippen molar-refractivity contribution in [3.63, 3.8) is 0 Å². The maximum atomic E-state index is 15.2. The fourth-order valence-corrected chi connectivity index (χ4v) is 11.9. The number of likely N-dealkylation sites (tertiary alicyclic amines) is 1. The normalized spacial score (nSPS) is 19.8. The first-order valence-electron chi connectivity index (χ1n) is 25.0. The Kier molecular flexibility index (Phi) is 16.8. The monoisotopic (exact) mass is 1080 g/mol. The molecule has 4 amide bonds. The second-order valence-corrected chi connectivity index (χ2v) is 20.6. The summed E-state index contributed by atoms with van der Waals surface area (Å²) in [5, 5.41) is 21.9. The number of hydrogen-bond donors (Lipinski definition) is 1. The minimum Gasteiger partial charge on any atom is -0.462 e. The molecule has 0 bridgehead atoms. The molecular weight excluding hydrogens is 1020 g/mol. The molecular formula is C54H57ClF3N11O6S. The third kappa shape index (κ3) is 11.4. The summed E-state index contributed by atoms with van der Waals surface area (Å²) in [6.45, 7) is 2.39. The van der Waals surface area contributed by atoms with Gasteiger partial charge in [-0.25, -0.2) is 27.8 Å². The average molecular weight is 1080 g/mol. The predicted molar refractivity (Wildman–Crippen MR) is 283 cm³/mol. The molecule has 0 radical (unpaired) electrons. The smallest absolute Gasteiger partial charge is 0.407 e. The molecule has 0 saturated carbocycles. The molecule has 0 spiro atoms. The molecule has 9 rings (SSSR count). The molecule has 1 aromatic heterocycles. The fourth-order valence-electron chi connectivity index (χ4n) is 10.2. The van der Waals surface area contributed by atoms with Crippen LogP contribution in [0.1, 0.15) is 54.5 Å². The molecule has 5 heterocycles. The number of nitriles is 1. The van der Waals surface area contributed by atoms with Crippen LogP contribution in [-0.2, 0) is 32.2 Å². The summed E-state index contributed by atoms with van der Waals surface area (Å²) in [6.07, 6.45) is 2.10. The van der Waals surface area contributed by atoms with Gasteiger partial charge in [0.05, 0.1) is 54.8 Å². The topological polar surface area (TPSA) is 172 Å². The van der Waals surface area contributed by atoms with Crippen molar-refractivity contribution < 1.29 is 41.9 Å². The Morgan fingerprint density at radius 3 is 2.55 bits per heavy atom. The lowest BCUT2D eigenvalue weighted by Gasteiger charge is -2.42. The second-order valence-electron chi connectivity index (χ2n) is 18.9. The summed E-state index contributed by atoms with van der Waals surface area (Å²) in [4.78, 5) is 62.9. The van der Waals surface area contributed by atoms with Gasteiger partial charge in [0.15, 0.2) is 0 Å². The van der Waals surface area contributed by atoms with Gasteiger partial charge in [-0.3, -0.25) is 9.63 Å². The Labute approximate surface area is 447 Å². The van der Waals surface area contributed by atoms with Gasteiger partial charge >= 0.3 is 18.1 Å². The van der Waals surface area contributed by atoms with Crippen molar-refractivity contribution in [1.82, 2.24) is 35.2 Å². The summed E-state index contributed by atoms with van der Waals surface area (Å²) >= 11 is 7.82. The van der Waals surface area contributed by atoms with Crippen LogP contribution in [0.3, 0.4) is 0 Å². The summed E-state index contributed by atoms with van der Waals surface area (Å²) < 4.78 is 56.0. The largest absolute Gasteiger partial charge is 0.462 e. The van der Waals surface area contributed by atoms with E-state index in [-0.39, 0.29) is 67.9 Å². The van der Waals surface area contributed by atoms with Gasteiger partial charge in [-0.05, 0) is 87.0 Å². The molecule has 76 heavy (non-hydrogen) atoms. The van der Waals surface area contributed by atoms with Crippen LogP contribution < -0.4 is 19.9 Å². The number of carbonyl (C=O) groups excluding carboxylic acids is 3. The van der Waals surface area contributed by atoms with Crippen LogP contribution in [-0.4, -0.2) is 139 Å². The van der Waals surface area contributed by atoms with E-state index >= 15 is 4.39 Å². The zero-order valence-corrected chi connectivity index (χ0v) is 43.8. The van der Waals surface area contributed by atoms with E-state index in [1.165, 1.54) is 19.1 Å². The van der Waals surface area contributed by atoms with E-state index in [0.29, 0.717) is 49.1 Å². The van der Waals surface area contributed by atoms with E-state index in [1.807, 2.05) is 35.2 Å². The fraction of sp³-hybridized carbons (Fsp3) is 0.389. The maximum absolute atomic E-state index is 15.2. The standard InChI is InChI=1S/C54H57ClF3N11O6S/c1-64-25-9-15-40(64)34-74-51-61-45-32-66(46-17-8-12-35-11-7-16-43(55)47(35)46)26-21-41(45)48(62-51)67-27-28-68(39(31-67)20-23-59)50(70)36(30-56)33-75-52(71)60-24-10-22-54(37-13-5-4-6-14-37)69(53(72)65(2)73-3)63-49(76-54)42-29-38(57)18-19-44(42)58/h4-8,11-14,16-19,29-30,39-40H,9-10,15,20-22,24-28,31-34H2,1-3H3,(H,60,71)/b36-30+/t39-,40-,54-/m0/s1. The number of hydrogen-bond acceptors (Lipinski definition) is 14. The van der Waals surface area contributed by atoms with Crippen molar-refractivity contribution in [2.45, 2.75) is 62.0 Å². The zero-order chi connectivity index (χ0) is 53.5. The number of rotatable bonds is 16. The van der Waals surface area contributed by atoms with Crippen LogP contribution in [0.4, 0.5) is 34.3 Å². The maximum Gasteiger partial charge on any atom is 0.407 e. The highest BCUT2D eigenvalue weighted by atomic mass is 35.5. The minimum atomic E-state index is -1.31. The van der Waals surface area contributed by atoms with E-state index in [0.717, 1.165) is 87.1 Å². The van der Waals surface area contributed by atoms with Gasteiger partial charge in [0.25, 0.3) is 5.91 Å². The van der Waals surface area contributed by atoms with Gasteiger partial charge in [0, 0.05) is 68.0 Å². The number of hydroxylamine groups is 2. The highest BCUT2D eigenvalue weighted by Crippen LogP contribution is 2.51. The third-order valence-corrected chi connectivity index (χ3v) is 16.0. The first-order valence-corrected chi connectivity index (χ1v) is 26.2. The number of piperazine rings is 1. The molecule has 398 valence electrons. The lowest BCUT2D eigenvalue weighted by molar-refractivity contribution is -0.130. The average Bonchev–Trinajstić information content (AvgIpc) is 4.06. The number of ether oxygens (including phenoxy) is 2. The van der Waals surface area contributed by atoms with E-state index in [2.05, 4.69) is 39.4 Å². The lowest BCUT2D eigenvalue weighted by atomic mass is 10.0. The molecule has 4 aromatic carbocycles. The van der Waals surface area contributed by atoms with Crippen molar-refractivity contribution in [3.05, 3.63) is 136 Å². The molecule has 0 unspecified atom stereocenters. The van der Waals surface area contributed by atoms with E-state index in [4.69, 9.17) is 35.9 Å². The Hall–Kier alpha value is -7.12. The number of fused-ring (bicyclic) bond motifs is 2. The van der Waals surface area contributed by atoms with Crippen molar-refractivity contribution in [2.24, 2.45) is 5.10 Å². The number of nitrogens with zero attached hydrogens (tertiary/aromatic N) is 10. The molecule has 22 heteroatoms. The highest BCUT2D eigenvalue weighted by Gasteiger charge is 2.50. The quantitative estimate of drug-likeness (QED) is 0.0565. The lowest BCUT2D eigenvalue weighted by Crippen LogP contribution is -2.56. The Bertz CT molecular complexity index is 3080. The van der Waals surface area contributed by atoms with Crippen molar-refractivity contribution >= 4 is 68.7 Å². The van der Waals surface area contributed by atoms with Crippen LogP contribution >= 0.6 is 23.4 Å². The second kappa shape index (κ2) is 23.8. The Morgan fingerprint density at radius 2 is 1.80 bits per heavy atom. The molecule has 4 aliphatic rings. The van der Waals surface area contributed by atoms with E-state index in [1.54, 1.807) is 30.3 Å². The molecule has 17 nitrogen and oxygen atoms in total. The molecule has 2 fully saturated rings. The summed E-state index contributed by atoms with van der Waals surface area (Å²) in [6, 6.07) is 25.1. The van der Waals surface area contributed by atoms with Crippen LogP contribution in [0.25, 0.3) is 10.8 Å². The SMILES string of the molecule is CON(C)C(=O)N1N=C(c2cc(F)ccc2F)S[C@@]1(CCCNC(=O)OC/C(=C\F)C(=O)N1CCN(c2nc(OC[C@@H]3CCCN3C)nc3c2CCN(c2cccc4cccc(Cl)c24)C3)C[C@@H]1CC#N)c1ccccc1. The van der Waals surface area contributed by atoms with E-state index < -0.39 is 52.8 Å². The molecule has 0 aliphatic carbocycles. The van der Waals surface area contributed by atoms with Crippen molar-refractivity contribution in [2.75, 3.05) is 83.5 Å². The van der Waals surface area contributed by atoms with Crippen LogP contribution in [0, 0.1) is 23.0 Å². The van der Waals surface area contributed by atoms with Gasteiger partial charge < -0.3 is 34.4 Å². The van der Waals surface area contributed by atoms with Gasteiger partial charge in [-0.1, -0.05) is 78.0 Å². The molecule has 2 saturated heterocycles. The van der Waals surface area contributed by atoms with E-state index in [9.17, 15) is 28.4 Å². The number of anilines is 2. The number of nitrogens with one attached hydrogen (secondary N) is 1. The Morgan fingerprint density at radius 1 is 1.00 bits per heavy atom. The van der Waals surface area contributed by atoms with Gasteiger partial charge in [0.1, 0.15) is 40.6 Å². The number of hydrazone groups is 1. The minimum absolute atomic E-state index is 0.0126. The number of alkyl carbamates (subject to hydrolysis) is 1. The number of benzene rings is 4. The first kappa shape index (κ1) is 53.7. The number of aromatic nitrogens is 2. The van der Waals surface area contributed by atoms with Crippen LogP contribution in [0.5, 0.6) is 6.01 Å². The first-order chi connectivity index (χ1) is 36.8. The molecule has 5 aromatic rings. The summed E-state index contributed by atoms with van der Waals surface area (Å²) in [7, 11) is 4.76. The van der Waals surface area contributed by atoms with Crippen molar-refractivity contribution in [3.8, 4) is 12.1 Å². The molecule has 1 N–H and O–H groups in total. The number of carbonyl (C=O) groups is 3. The summed E-state index contributed by atoms with van der Waals surface area (Å²) in [5.41, 5.74) is 2.76. The third-order valence-electron chi connectivity index (χ3n) is 14.3. The number of likely N-dealkylation sites (N-methyl/N-ethyl adjacent to an activating group) is 1. The number of halogens is 4. The summed E-state index contributed by atoms with van der Waals surface area (Å²) in [5.74, 6) is -1.51. The zero-order valence-electron chi connectivity index (χ0n) is 42.3. The Balaban J connectivity index is 0.859.